The van der Waals surface area contributed by atoms with Gasteiger partial charge in [0.25, 0.3) is 0 Å². The van der Waals surface area contributed by atoms with Crippen LogP contribution in [0.3, 0.4) is 0 Å². The Morgan fingerprint density at radius 3 is 2.69 bits per heavy atom. The fraction of sp³-hybridized carbons (Fsp3) is 0.261. The first kappa shape index (κ1) is 19.5. The van der Waals surface area contributed by atoms with E-state index < -0.39 is 11.5 Å². The first-order valence-corrected chi connectivity index (χ1v) is 11.4. The Bertz CT molecular complexity index is 1250. The Morgan fingerprint density at radius 1 is 1.06 bits per heavy atom. The monoisotopic (exact) mass is 449 g/mol. The molecule has 0 bridgehead atoms. The lowest BCUT2D eigenvalue weighted by Crippen LogP contribution is -2.37. The second-order valence-electron chi connectivity index (χ2n) is 7.89. The molecule has 0 saturated carbocycles. The summed E-state index contributed by atoms with van der Waals surface area (Å²) in [6.45, 7) is 2.90. The summed E-state index contributed by atoms with van der Waals surface area (Å²) in [5, 5.41) is 0.520. The second kappa shape index (κ2) is 7.46. The number of ether oxygens (including phenoxy) is 2. The predicted octanol–water partition coefficient (Wildman–Crippen LogP) is 3.53. The van der Waals surface area contributed by atoms with Gasteiger partial charge in [0.15, 0.2) is 10.9 Å². The Kier molecular flexibility index (Phi) is 4.55. The molecule has 3 aliphatic rings. The van der Waals surface area contributed by atoms with Crippen LogP contribution in [0.15, 0.2) is 53.8 Å². The number of benzene rings is 1. The number of amidine groups is 1. The molecule has 32 heavy (non-hydrogen) atoms. The number of hydrogen-bond acceptors (Lipinski definition) is 8. The molecule has 9 heteroatoms. The van der Waals surface area contributed by atoms with Crippen LogP contribution in [0.5, 0.6) is 11.5 Å². The maximum atomic E-state index is 14.4. The van der Waals surface area contributed by atoms with Gasteiger partial charge in [-0.2, -0.15) is 4.39 Å². The normalized spacial score (nSPS) is 21.7. The van der Waals surface area contributed by atoms with E-state index in [-0.39, 0.29) is 0 Å². The van der Waals surface area contributed by atoms with Crippen LogP contribution in [0.1, 0.15) is 11.1 Å². The molecule has 1 fully saturated rings. The molecule has 2 aromatic heterocycles. The Morgan fingerprint density at radius 2 is 1.91 bits per heavy atom. The molecule has 1 saturated heterocycles. The third-order valence-corrected chi connectivity index (χ3v) is 7.03. The van der Waals surface area contributed by atoms with Crippen molar-refractivity contribution < 1.29 is 13.9 Å². The number of fused-ring (bicyclic) bond motifs is 4. The van der Waals surface area contributed by atoms with Crippen LogP contribution in [0.2, 0.25) is 0 Å². The number of aliphatic imine (C=N–C) groups is 1. The molecule has 1 aromatic carbocycles. The minimum atomic E-state index is -0.726. The number of hydrogen-bond donors (Lipinski definition) is 1. The second-order valence-corrected chi connectivity index (χ2v) is 8.89. The highest BCUT2D eigenvalue weighted by Crippen LogP contribution is 2.54. The van der Waals surface area contributed by atoms with E-state index in [1.165, 1.54) is 18.0 Å². The number of morpholine rings is 1. The number of thioether (sulfide) groups is 1. The molecule has 6 rings (SSSR count). The molecule has 0 aliphatic carbocycles. The van der Waals surface area contributed by atoms with Crippen LogP contribution in [-0.4, -0.2) is 47.2 Å². The lowest BCUT2D eigenvalue weighted by atomic mass is 9.81. The van der Waals surface area contributed by atoms with Gasteiger partial charge in [-0.3, -0.25) is 0 Å². The largest absolute Gasteiger partial charge is 0.455 e. The third-order valence-electron chi connectivity index (χ3n) is 6.08. The Balaban J connectivity index is 1.51. The molecule has 0 amide bonds. The summed E-state index contributed by atoms with van der Waals surface area (Å²) in [6, 6.07) is 11.1. The van der Waals surface area contributed by atoms with E-state index in [0.29, 0.717) is 46.8 Å². The molecule has 162 valence electrons. The van der Waals surface area contributed by atoms with Gasteiger partial charge in [0.1, 0.15) is 17.1 Å². The van der Waals surface area contributed by atoms with Crippen molar-refractivity contribution in [2.75, 3.05) is 37.0 Å². The van der Waals surface area contributed by atoms with E-state index in [1.807, 2.05) is 24.3 Å². The van der Waals surface area contributed by atoms with Crippen LogP contribution in [0.25, 0.3) is 11.1 Å². The van der Waals surface area contributed by atoms with Crippen LogP contribution in [-0.2, 0) is 10.3 Å². The molecule has 2 N–H and O–H groups in total. The summed E-state index contributed by atoms with van der Waals surface area (Å²) in [4.78, 5) is 15.5. The number of aromatic nitrogens is 2. The number of halogens is 1. The Labute approximate surface area is 188 Å². The first-order chi connectivity index (χ1) is 15.6. The van der Waals surface area contributed by atoms with Gasteiger partial charge in [-0.15, -0.1) is 0 Å². The van der Waals surface area contributed by atoms with Gasteiger partial charge in [-0.05, 0) is 35.9 Å². The summed E-state index contributed by atoms with van der Waals surface area (Å²) < 4.78 is 26.1. The van der Waals surface area contributed by atoms with E-state index in [1.54, 1.807) is 18.3 Å². The average molecular weight is 450 g/mol. The quantitative estimate of drug-likeness (QED) is 0.599. The average Bonchev–Trinajstić information content (AvgIpc) is 3.22. The number of nitrogens with zero attached hydrogens (tertiary/aromatic N) is 4. The van der Waals surface area contributed by atoms with Crippen LogP contribution in [0.4, 0.5) is 10.2 Å². The summed E-state index contributed by atoms with van der Waals surface area (Å²) in [5.74, 6) is 2.31. The van der Waals surface area contributed by atoms with E-state index in [9.17, 15) is 4.39 Å². The van der Waals surface area contributed by atoms with Gasteiger partial charge in [0.05, 0.1) is 19.4 Å². The fourth-order valence-electron chi connectivity index (χ4n) is 4.48. The lowest BCUT2D eigenvalue weighted by Gasteiger charge is -2.36. The van der Waals surface area contributed by atoms with E-state index in [0.717, 1.165) is 30.0 Å². The van der Waals surface area contributed by atoms with Crippen LogP contribution in [0, 0.1) is 5.95 Å². The Hall–Kier alpha value is -3.17. The highest BCUT2D eigenvalue weighted by atomic mass is 32.2. The smallest absolute Gasteiger partial charge is 0.220 e. The zero-order valence-electron chi connectivity index (χ0n) is 17.1. The highest BCUT2D eigenvalue weighted by Gasteiger charge is 2.46. The lowest BCUT2D eigenvalue weighted by molar-refractivity contribution is 0.122. The maximum absolute atomic E-state index is 14.4. The molecule has 7 nitrogen and oxygen atoms in total. The van der Waals surface area contributed by atoms with E-state index >= 15 is 0 Å². The number of anilines is 1. The number of pyridine rings is 2. The molecule has 3 aliphatic heterocycles. The third kappa shape index (κ3) is 3.03. The van der Waals surface area contributed by atoms with E-state index in [4.69, 9.17) is 20.2 Å². The highest BCUT2D eigenvalue weighted by molar-refractivity contribution is 8.14. The van der Waals surface area contributed by atoms with Crippen molar-refractivity contribution in [3.63, 3.8) is 0 Å². The van der Waals surface area contributed by atoms with Gasteiger partial charge in [0, 0.05) is 41.7 Å². The van der Waals surface area contributed by atoms with Gasteiger partial charge >= 0.3 is 0 Å². The van der Waals surface area contributed by atoms with Gasteiger partial charge in [-0.1, -0.05) is 17.8 Å². The van der Waals surface area contributed by atoms with Crippen molar-refractivity contribution in [1.82, 2.24) is 9.97 Å². The summed E-state index contributed by atoms with van der Waals surface area (Å²) in [7, 11) is 0. The topological polar surface area (TPSA) is 85.9 Å². The molecule has 1 unspecified atom stereocenters. The zero-order valence-corrected chi connectivity index (χ0v) is 17.9. The van der Waals surface area contributed by atoms with Crippen molar-refractivity contribution >= 4 is 22.7 Å². The summed E-state index contributed by atoms with van der Waals surface area (Å²) >= 11 is 1.51. The van der Waals surface area contributed by atoms with Crippen molar-refractivity contribution in [2.45, 2.75) is 5.54 Å². The number of nitrogens with two attached hydrogens (primary N) is 1. The van der Waals surface area contributed by atoms with Crippen LogP contribution >= 0.6 is 11.8 Å². The summed E-state index contributed by atoms with van der Waals surface area (Å²) in [6.07, 6.45) is 3.20. The standard InChI is InChI=1S/C23H20FN5O2S/c24-21-15(2-1-5-26-21)14-3-4-18-16(10-14)23(13-32-22(25)28-23)17-11-20(27-12-19(17)31-18)29-6-8-30-9-7-29/h1-5,10-12H,6-9,13H2,(H2,25,28). The van der Waals surface area contributed by atoms with Crippen molar-refractivity contribution in [2.24, 2.45) is 10.7 Å². The van der Waals surface area contributed by atoms with Crippen molar-refractivity contribution in [3.05, 3.63) is 65.9 Å². The van der Waals surface area contributed by atoms with Crippen molar-refractivity contribution in [3.8, 4) is 22.6 Å². The number of rotatable bonds is 2. The minimum Gasteiger partial charge on any atom is -0.455 e. The van der Waals surface area contributed by atoms with Crippen LogP contribution < -0.4 is 15.4 Å². The molecule has 0 radical (unpaired) electrons. The molecule has 1 atom stereocenters. The maximum Gasteiger partial charge on any atom is 0.220 e. The molecular formula is C23H20FN5O2S. The summed E-state index contributed by atoms with van der Waals surface area (Å²) in [5.41, 5.74) is 8.37. The molecule has 5 heterocycles. The first-order valence-electron chi connectivity index (χ1n) is 10.4. The SMILES string of the molecule is NC1=NC2(CS1)c1cc(-c3cccnc3F)ccc1Oc1cnc(N3CCOCC3)cc12. The van der Waals surface area contributed by atoms with Crippen molar-refractivity contribution in [1.29, 1.82) is 0 Å². The van der Waals surface area contributed by atoms with Gasteiger partial charge < -0.3 is 20.1 Å². The van der Waals surface area contributed by atoms with E-state index in [2.05, 4.69) is 14.9 Å². The molecule has 1 spiro atoms. The fourth-order valence-corrected chi connectivity index (χ4v) is 5.44. The predicted molar refractivity (Wildman–Crippen MR) is 122 cm³/mol. The van der Waals surface area contributed by atoms with Gasteiger partial charge in [-0.25, -0.2) is 15.0 Å². The molecule has 3 aromatic rings. The van der Waals surface area contributed by atoms with Gasteiger partial charge in [0.2, 0.25) is 5.95 Å². The minimum absolute atomic E-state index is 0.433. The molecular weight excluding hydrogens is 429 g/mol. The zero-order chi connectivity index (χ0) is 21.7.